The lowest BCUT2D eigenvalue weighted by atomic mass is 9.81. The number of carbonyl (C=O) groups excluding carboxylic acids is 1. The number of aromatic nitrogens is 2. The quantitative estimate of drug-likeness (QED) is 0.311. The first-order valence-corrected chi connectivity index (χ1v) is 14.7. The summed E-state index contributed by atoms with van der Waals surface area (Å²) < 4.78 is 29.7. The van der Waals surface area contributed by atoms with Crippen LogP contribution in [0.15, 0.2) is 60.7 Å². The highest BCUT2D eigenvalue weighted by atomic mass is 35.5. The van der Waals surface area contributed by atoms with E-state index in [1.54, 1.807) is 0 Å². The van der Waals surface area contributed by atoms with Gasteiger partial charge in [0.05, 0.1) is 26.4 Å². The van der Waals surface area contributed by atoms with Crippen LogP contribution in [0, 0.1) is 0 Å². The third-order valence-corrected chi connectivity index (χ3v) is 8.23. The van der Waals surface area contributed by atoms with Gasteiger partial charge >= 0.3 is 6.01 Å². The Labute approximate surface area is 276 Å². The molecule has 1 amide bonds. The molecule has 0 unspecified atom stereocenters. The molecule has 2 aliphatic rings. The maximum atomic E-state index is 13.1. The van der Waals surface area contributed by atoms with E-state index in [0.717, 1.165) is 6.54 Å². The number of ether oxygens (including phenoxy) is 3. The van der Waals surface area contributed by atoms with Gasteiger partial charge in [-0.1, -0.05) is 60.7 Å². The molecule has 0 spiro atoms. The maximum Gasteiger partial charge on any atom is 0.322 e. The van der Waals surface area contributed by atoms with Crippen LogP contribution < -0.4 is 14.2 Å². The lowest BCUT2D eigenvalue weighted by Gasteiger charge is -2.53. The number of fused-ring (bicyclic) bond motifs is 1. The van der Waals surface area contributed by atoms with Crippen molar-refractivity contribution in [3.8, 4) is 17.8 Å². The highest BCUT2D eigenvalue weighted by Gasteiger charge is 2.43. The Morgan fingerprint density at radius 3 is 2.16 bits per heavy atom. The molecule has 45 heavy (non-hydrogen) atoms. The normalized spacial score (nSPS) is 18.4. The number of hydrogen-bond acceptors (Lipinski definition) is 9. The van der Waals surface area contributed by atoms with Crippen LogP contribution in [0.2, 0.25) is 0 Å². The van der Waals surface area contributed by atoms with Gasteiger partial charge in [0.1, 0.15) is 13.3 Å². The number of nitrogens with zero attached hydrogens (tertiary/aromatic N) is 5. The SMILES string of the molecule is COc1nc(OC)c(CN2C[C@@H]3CN(C(=O)CCO)CCN3[C@H](C(c3ccccc3)c3ccccc3)C2)c(OCCF)n1.Cl.Cl. The average molecular weight is 667 g/mol. The summed E-state index contributed by atoms with van der Waals surface area (Å²) in [4.78, 5) is 28.3. The molecule has 2 fully saturated rings. The van der Waals surface area contributed by atoms with Gasteiger partial charge < -0.3 is 24.2 Å². The summed E-state index contributed by atoms with van der Waals surface area (Å²) in [6, 6.07) is 21.3. The van der Waals surface area contributed by atoms with E-state index in [0.29, 0.717) is 44.2 Å². The molecule has 3 aromatic rings. The average Bonchev–Trinajstić information content (AvgIpc) is 3.05. The second-order valence-electron chi connectivity index (χ2n) is 10.8. The van der Waals surface area contributed by atoms with E-state index in [4.69, 9.17) is 14.2 Å². The number of aliphatic hydroxyl groups excluding tert-OH is 1. The first kappa shape index (κ1) is 36.3. The number of carbonyl (C=O) groups is 1. The van der Waals surface area contributed by atoms with Gasteiger partial charge in [-0.3, -0.25) is 14.6 Å². The van der Waals surface area contributed by atoms with E-state index in [1.807, 2.05) is 17.0 Å². The van der Waals surface area contributed by atoms with Crippen LogP contribution in [0.3, 0.4) is 0 Å². The minimum absolute atomic E-state index is 0. The molecule has 2 saturated heterocycles. The zero-order valence-electron chi connectivity index (χ0n) is 25.6. The standard InChI is InChI=1S/C32H40FN5O5.2ClH/c1-41-30-26(31(43-18-14-33)35-32(34-30)42-2)21-36-19-25-20-37(28(40)13-17-39)15-16-38(25)27(22-36)29(23-9-5-3-6-10-23)24-11-7-4-8-12-24;;/h3-12,25,27,29,39H,13-22H2,1-2H3;2*1H/t25-,27+;;/m1../s1. The van der Waals surface area contributed by atoms with Gasteiger partial charge in [0, 0.05) is 63.7 Å². The van der Waals surface area contributed by atoms with Crippen molar-refractivity contribution in [2.75, 3.05) is 66.8 Å². The Hall–Kier alpha value is -3.22. The fraction of sp³-hybridized carbons (Fsp3) is 0.469. The van der Waals surface area contributed by atoms with Crippen molar-refractivity contribution in [1.29, 1.82) is 0 Å². The second kappa shape index (κ2) is 17.5. The zero-order valence-corrected chi connectivity index (χ0v) is 27.2. The Morgan fingerprint density at radius 1 is 0.933 bits per heavy atom. The summed E-state index contributed by atoms with van der Waals surface area (Å²) in [5.74, 6) is 0.575. The number of alkyl halides is 1. The molecular weight excluding hydrogens is 624 g/mol. The van der Waals surface area contributed by atoms with Gasteiger partial charge in [0.15, 0.2) is 0 Å². The Kier molecular flexibility index (Phi) is 14.1. The first-order chi connectivity index (χ1) is 21.1. The molecule has 1 aromatic heterocycles. The highest BCUT2D eigenvalue weighted by Crippen LogP contribution is 2.37. The number of aliphatic hydroxyl groups is 1. The van der Waals surface area contributed by atoms with Crippen LogP contribution in [0.4, 0.5) is 4.39 Å². The topological polar surface area (TPSA) is 100 Å². The Morgan fingerprint density at radius 2 is 1.58 bits per heavy atom. The molecular formula is C32H42Cl2FN5O5. The van der Waals surface area contributed by atoms with Crippen LogP contribution in [0.1, 0.15) is 29.0 Å². The Balaban J connectivity index is 0.00000276. The van der Waals surface area contributed by atoms with E-state index >= 15 is 0 Å². The van der Waals surface area contributed by atoms with Crippen LogP contribution in [0.25, 0.3) is 0 Å². The molecule has 0 bridgehead atoms. The molecule has 0 radical (unpaired) electrons. The third kappa shape index (κ3) is 8.53. The molecule has 0 saturated carbocycles. The number of rotatable bonds is 12. The van der Waals surface area contributed by atoms with E-state index in [1.165, 1.54) is 25.3 Å². The van der Waals surface area contributed by atoms with Gasteiger partial charge in [-0.15, -0.1) is 24.8 Å². The fourth-order valence-electron chi connectivity index (χ4n) is 6.37. The predicted octanol–water partition coefficient (Wildman–Crippen LogP) is 3.60. The van der Waals surface area contributed by atoms with E-state index in [9.17, 15) is 14.3 Å². The van der Waals surface area contributed by atoms with Crippen molar-refractivity contribution >= 4 is 30.7 Å². The van der Waals surface area contributed by atoms with Crippen molar-refractivity contribution in [1.82, 2.24) is 24.7 Å². The van der Waals surface area contributed by atoms with Crippen molar-refractivity contribution < 1.29 is 28.5 Å². The van der Waals surface area contributed by atoms with Gasteiger partial charge in [0.25, 0.3) is 0 Å². The van der Waals surface area contributed by atoms with E-state index < -0.39 is 6.67 Å². The number of halogens is 3. The second-order valence-corrected chi connectivity index (χ2v) is 10.8. The molecule has 13 heteroatoms. The number of piperazine rings is 2. The molecule has 0 aliphatic carbocycles. The summed E-state index contributed by atoms with van der Waals surface area (Å²) in [7, 11) is 2.98. The monoisotopic (exact) mass is 665 g/mol. The molecule has 2 aromatic carbocycles. The summed E-state index contributed by atoms with van der Waals surface area (Å²) in [5, 5.41) is 9.41. The predicted molar refractivity (Wildman–Crippen MR) is 174 cm³/mol. The van der Waals surface area contributed by atoms with Gasteiger partial charge in [0.2, 0.25) is 17.7 Å². The molecule has 2 atom stereocenters. The van der Waals surface area contributed by atoms with E-state index in [2.05, 4.69) is 68.3 Å². The molecule has 2 aliphatic heterocycles. The van der Waals surface area contributed by atoms with Crippen molar-refractivity contribution in [3.05, 3.63) is 77.4 Å². The number of hydrogen-bond donors (Lipinski definition) is 1. The van der Waals surface area contributed by atoms with Gasteiger partial charge in [-0.2, -0.15) is 9.97 Å². The largest absolute Gasteiger partial charge is 0.481 e. The number of methoxy groups -OCH3 is 2. The Bertz CT molecular complexity index is 1310. The first-order valence-electron chi connectivity index (χ1n) is 14.7. The summed E-state index contributed by atoms with van der Waals surface area (Å²) >= 11 is 0. The summed E-state index contributed by atoms with van der Waals surface area (Å²) in [5.41, 5.74) is 3.05. The lowest BCUT2D eigenvalue weighted by molar-refractivity contribution is -0.137. The van der Waals surface area contributed by atoms with Crippen molar-refractivity contribution in [3.63, 3.8) is 0 Å². The molecule has 1 N–H and O–H groups in total. The van der Waals surface area contributed by atoms with Crippen LogP contribution in [0.5, 0.6) is 17.8 Å². The lowest BCUT2D eigenvalue weighted by Crippen LogP contribution is -2.67. The van der Waals surface area contributed by atoms with Crippen LogP contribution >= 0.6 is 24.8 Å². The van der Waals surface area contributed by atoms with Crippen molar-refractivity contribution in [2.24, 2.45) is 0 Å². The van der Waals surface area contributed by atoms with Crippen LogP contribution in [-0.4, -0.2) is 115 Å². The number of amides is 1. The van der Waals surface area contributed by atoms with Gasteiger partial charge in [-0.25, -0.2) is 4.39 Å². The molecule has 5 rings (SSSR count). The number of benzene rings is 2. The van der Waals surface area contributed by atoms with Crippen molar-refractivity contribution in [2.45, 2.75) is 31.0 Å². The summed E-state index contributed by atoms with van der Waals surface area (Å²) in [6.07, 6.45) is 0.117. The maximum absolute atomic E-state index is 13.1. The minimum atomic E-state index is -0.662. The third-order valence-electron chi connectivity index (χ3n) is 8.23. The van der Waals surface area contributed by atoms with Gasteiger partial charge in [-0.05, 0) is 11.1 Å². The molecule has 246 valence electrons. The fourth-order valence-corrected chi connectivity index (χ4v) is 6.37. The molecule has 3 heterocycles. The van der Waals surface area contributed by atoms with E-state index in [-0.39, 0.29) is 80.2 Å². The molecule has 10 nitrogen and oxygen atoms in total. The minimum Gasteiger partial charge on any atom is -0.481 e. The highest BCUT2D eigenvalue weighted by molar-refractivity contribution is 5.85. The smallest absolute Gasteiger partial charge is 0.322 e. The summed E-state index contributed by atoms with van der Waals surface area (Å²) in [6.45, 7) is 2.72. The zero-order chi connectivity index (χ0) is 30.2. The van der Waals surface area contributed by atoms with Crippen LogP contribution in [-0.2, 0) is 11.3 Å².